The van der Waals surface area contributed by atoms with E-state index in [0.29, 0.717) is 15.9 Å². The molecule has 0 saturated carbocycles. The number of nitrogens with one attached hydrogen (secondary N) is 1. The molecule has 6 nitrogen and oxygen atoms in total. The van der Waals surface area contributed by atoms with Gasteiger partial charge in [0.2, 0.25) is 0 Å². The zero-order chi connectivity index (χ0) is 18.9. The predicted octanol–water partition coefficient (Wildman–Crippen LogP) is 3.61. The van der Waals surface area contributed by atoms with Gasteiger partial charge in [0.15, 0.2) is 0 Å². The Balaban J connectivity index is 1.85. The maximum absolute atomic E-state index is 12.3. The van der Waals surface area contributed by atoms with E-state index in [1.165, 1.54) is 30.5 Å². The van der Waals surface area contributed by atoms with Crippen LogP contribution >= 0.6 is 23.2 Å². The first-order valence-corrected chi connectivity index (χ1v) is 9.65. The van der Waals surface area contributed by atoms with E-state index in [0.717, 1.165) is 5.69 Å². The Morgan fingerprint density at radius 3 is 2.12 bits per heavy atom. The van der Waals surface area contributed by atoms with Gasteiger partial charge in [-0.15, -0.1) is 0 Å². The number of aryl methyl sites for hydroxylation is 1. The van der Waals surface area contributed by atoms with Crippen LogP contribution in [-0.2, 0) is 10.0 Å². The fraction of sp³-hybridized carbons (Fsp3) is 0.0588. The van der Waals surface area contributed by atoms with E-state index in [-0.39, 0.29) is 10.6 Å². The van der Waals surface area contributed by atoms with Crippen LogP contribution in [0.5, 0.6) is 0 Å². The first-order chi connectivity index (χ1) is 12.3. The SMILES string of the molecule is Cc1nc(C(=O)NS(=O)(=O)c2ccc(Cl)cc2)cn1-c1ccc(Cl)cc1. The number of sulfonamides is 1. The number of hydrogen-bond acceptors (Lipinski definition) is 4. The molecule has 3 aromatic rings. The Morgan fingerprint density at radius 1 is 1.00 bits per heavy atom. The third-order valence-corrected chi connectivity index (χ3v) is 5.42. The second kappa shape index (κ2) is 7.11. The lowest BCUT2D eigenvalue weighted by Crippen LogP contribution is -2.30. The van der Waals surface area contributed by atoms with Gasteiger partial charge in [0, 0.05) is 21.9 Å². The van der Waals surface area contributed by atoms with E-state index < -0.39 is 15.9 Å². The standard InChI is InChI=1S/C17H13Cl2N3O3S/c1-11-20-16(10-22(11)14-6-2-12(18)3-7-14)17(23)21-26(24,25)15-8-4-13(19)5-9-15/h2-10H,1H3,(H,21,23). The maximum atomic E-state index is 12.3. The first kappa shape index (κ1) is 18.4. The summed E-state index contributed by atoms with van der Waals surface area (Å²) in [7, 11) is -4.02. The molecule has 26 heavy (non-hydrogen) atoms. The van der Waals surface area contributed by atoms with Crippen LogP contribution in [0.2, 0.25) is 10.0 Å². The zero-order valence-corrected chi connectivity index (χ0v) is 15.8. The van der Waals surface area contributed by atoms with Gasteiger partial charge in [-0.1, -0.05) is 23.2 Å². The van der Waals surface area contributed by atoms with Gasteiger partial charge in [-0.05, 0) is 55.5 Å². The molecule has 0 radical (unpaired) electrons. The second-order valence-electron chi connectivity index (χ2n) is 5.41. The first-order valence-electron chi connectivity index (χ1n) is 7.41. The average Bonchev–Trinajstić information content (AvgIpc) is 2.98. The predicted molar refractivity (Wildman–Crippen MR) is 99.4 cm³/mol. The van der Waals surface area contributed by atoms with Crippen molar-refractivity contribution in [2.75, 3.05) is 0 Å². The lowest BCUT2D eigenvalue weighted by atomic mass is 10.3. The van der Waals surface area contributed by atoms with Crippen molar-refractivity contribution < 1.29 is 13.2 Å². The molecule has 9 heteroatoms. The number of nitrogens with zero attached hydrogens (tertiary/aromatic N) is 2. The molecule has 0 atom stereocenters. The summed E-state index contributed by atoms with van der Waals surface area (Å²) >= 11 is 11.6. The van der Waals surface area contributed by atoms with Gasteiger partial charge in [-0.25, -0.2) is 18.1 Å². The molecule has 1 heterocycles. The molecule has 1 aromatic heterocycles. The van der Waals surface area contributed by atoms with Crippen molar-refractivity contribution in [3.63, 3.8) is 0 Å². The van der Waals surface area contributed by atoms with Gasteiger partial charge in [-0.2, -0.15) is 0 Å². The third kappa shape index (κ3) is 3.90. The lowest BCUT2D eigenvalue weighted by Gasteiger charge is -2.05. The molecule has 0 aliphatic carbocycles. The molecule has 1 N–H and O–H groups in total. The normalized spacial score (nSPS) is 11.3. The number of benzene rings is 2. The molecule has 1 amide bonds. The molecular weight excluding hydrogens is 397 g/mol. The topological polar surface area (TPSA) is 81.1 Å². The Hall–Kier alpha value is -2.35. The van der Waals surface area contributed by atoms with Crippen molar-refractivity contribution in [3.8, 4) is 5.69 Å². The molecule has 0 aliphatic rings. The Bertz CT molecular complexity index is 1060. The summed E-state index contributed by atoms with van der Waals surface area (Å²) < 4.78 is 28.3. The van der Waals surface area contributed by atoms with Crippen molar-refractivity contribution in [1.82, 2.24) is 14.3 Å². The number of amides is 1. The number of carbonyl (C=O) groups is 1. The van der Waals surface area contributed by atoms with Crippen LogP contribution in [0.3, 0.4) is 0 Å². The van der Waals surface area contributed by atoms with Crippen molar-refractivity contribution >= 4 is 39.1 Å². The number of hydrogen-bond donors (Lipinski definition) is 1. The summed E-state index contributed by atoms with van der Waals surface area (Å²) in [5.41, 5.74) is 0.731. The number of carbonyl (C=O) groups excluding carboxylic acids is 1. The van der Waals surface area contributed by atoms with Crippen LogP contribution in [0.1, 0.15) is 16.3 Å². The molecule has 0 aliphatic heterocycles. The van der Waals surface area contributed by atoms with Crippen LogP contribution in [0.15, 0.2) is 59.6 Å². The fourth-order valence-corrected chi connectivity index (χ4v) is 3.51. The summed E-state index contributed by atoms with van der Waals surface area (Å²) in [5, 5.41) is 0.978. The van der Waals surface area contributed by atoms with Crippen LogP contribution in [0, 0.1) is 6.92 Å². The van der Waals surface area contributed by atoms with Crippen molar-refractivity contribution in [1.29, 1.82) is 0 Å². The number of rotatable bonds is 4. The van der Waals surface area contributed by atoms with E-state index in [2.05, 4.69) is 4.98 Å². The molecule has 0 fully saturated rings. The van der Waals surface area contributed by atoms with E-state index in [4.69, 9.17) is 23.2 Å². The highest BCUT2D eigenvalue weighted by Crippen LogP contribution is 2.17. The van der Waals surface area contributed by atoms with E-state index in [9.17, 15) is 13.2 Å². The molecule has 0 saturated heterocycles. The average molecular weight is 410 g/mol. The highest BCUT2D eigenvalue weighted by Gasteiger charge is 2.21. The van der Waals surface area contributed by atoms with E-state index >= 15 is 0 Å². The van der Waals surface area contributed by atoms with Gasteiger partial charge >= 0.3 is 0 Å². The molecule has 0 bridgehead atoms. The highest BCUT2D eigenvalue weighted by atomic mass is 35.5. The maximum Gasteiger partial charge on any atom is 0.285 e. The second-order valence-corrected chi connectivity index (χ2v) is 7.96. The van der Waals surface area contributed by atoms with Gasteiger partial charge in [0.25, 0.3) is 15.9 Å². The Kier molecular flexibility index (Phi) is 5.04. The summed E-state index contributed by atoms with van der Waals surface area (Å²) in [6.45, 7) is 1.71. The minimum atomic E-state index is -4.02. The lowest BCUT2D eigenvalue weighted by molar-refractivity contribution is 0.0977. The van der Waals surface area contributed by atoms with Crippen molar-refractivity contribution in [2.24, 2.45) is 0 Å². The van der Waals surface area contributed by atoms with Crippen molar-refractivity contribution in [3.05, 3.63) is 76.3 Å². The van der Waals surface area contributed by atoms with Gasteiger partial charge in [-0.3, -0.25) is 4.79 Å². The summed E-state index contributed by atoms with van der Waals surface area (Å²) in [5.74, 6) is -0.294. The quantitative estimate of drug-likeness (QED) is 0.713. The number of imidazole rings is 1. The van der Waals surface area contributed by atoms with Crippen LogP contribution in [-0.4, -0.2) is 23.9 Å². The molecular formula is C17H13Cl2N3O3S. The fourth-order valence-electron chi connectivity index (χ4n) is 2.29. The largest absolute Gasteiger partial charge is 0.303 e. The molecule has 0 spiro atoms. The summed E-state index contributed by atoms with van der Waals surface area (Å²) in [6, 6.07) is 12.4. The minimum absolute atomic E-state index is 0.0185. The molecule has 2 aromatic carbocycles. The molecule has 134 valence electrons. The molecule has 0 unspecified atom stereocenters. The van der Waals surface area contributed by atoms with E-state index in [1.54, 1.807) is 35.8 Å². The summed E-state index contributed by atoms with van der Waals surface area (Å²) in [4.78, 5) is 16.4. The number of aromatic nitrogens is 2. The van der Waals surface area contributed by atoms with E-state index in [1.807, 2.05) is 4.72 Å². The molecule has 3 rings (SSSR count). The minimum Gasteiger partial charge on any atom is -0.303 e. The van der Waals surface area contributed by atoms with Crippen LogP contribution in [0.25, 0.3) is 5.69 Å². The smallest absolute Gasteiger partial charge is 0.285 e. The van der Waals surface area contributed by atoms with Gasteiger partial charge in [0.05, 0.1) is 4.90 Å². The summed E-state index contributed by atoms with van der Waals surface area (Å²) in [6.07, 6.45) is 1.46. The van der Waals surface area contributed by atoms with Crippen molar-refractivity contribution in [2.45, 2.75) is 11.8 Å². The zero-order valence-electron chi connectivity index (χ0n) is 13.5. The monoisotopic (exact) mass is 409 g/mol. The highest BCUT2D eigenvalue weighted by molar-refractivity contribution is 7.90. The number of halogens is 2. The van der Waals surface area contributed by atoms with Crippen LogP contribution in [0.4, 0.5) is 0 Å². The van der Waals surface area contributed by atoms with Gasteiger partial charge < -0.3 is 4.57 Å². The Morgan fingerprint density at radius 2 is 1.54 bits per heavy atom. The third-order valence-electron chi connectivity index (χ3n) is 3.57. The van der Waals surface area contributed by atoms with Crippen LogP contribution < -0.4 is 4.72 Å². The Labute approximate surface area is 160 Å². The van der Waals surface area contributed by atoms with Gasteiger partial charge in [0.1, 0.15) is 11.5 Å².